The molecule has 6 rings (SSSR count). The number of carboxylic acid groups (broad SMARTS) is 1. The summed E-state index contributed by atoms with van der Waals surface area (Å²) in [4.78, 5) is 32.5. The summed E-state index contributed by atoms with van der Waals surface area (Å²) in [5.41, 5.74) is 6.38. The standard InChI is InChI=1S/C27H27FN6O2.CH2O2/c1-33(2)15-18-10-16(23-4-3-9-36-23)11-24(31-18)32-21-6-5-19(20-13-30-27(35)26(20)21)22-14-29-25-12-17(28)7-8-34(22)25;2-1-3/h5-8,10-12,14,23H,3-4,9,13,15H2,1-2H3,(H,30,35)(H,31,32);1H,(H,2,3). The van der Waals surface area contributed by atoms with Crippen molar-refractivity contribution in [3.63, 3.8) is 0 Å². The molecule has 1 atom stereocenters. The van der Waals surface area contributed by atoms with Crippen molar-refractivity contribution in [1.82, 2.24) is 24.6 Å². The van der Waals surface area contributed by atoms with Crippen molar-refractivity contribution in [3.8, 4) is 11.3 Å². The van der Waals surface area contributed by atoms with Gasteiger partial charge in [-0.3, -0.25) is 14.0 Å². The monoisotopic (exact) mass is 532 g/mol. The zero-order valence-electron chi connectivity index (χ0n) is 21.6. The molecule has 4 aromatic rings. The molecule has 202 valence electrons. The normalized spacial score (nSPS) is 16.1. The second kappa shape index (κ2) is 11.2. The van der Waals surface area contributed by atoms with Crippen LogP contribution < -0.4 is 10.6 Å². The number of fused-ring (bicyclic) bond motifs is 2. The number of anilines is 2. The molecule has 0 bridgehead atoms. The van der Waals surface area contributed by atoms with E-state index >= 15 is 0 Å². The summed E-state index contributed by atoms with van der Waals surface area (Å²) in [5.74, 6) is 0.199. The number of hydrogen-bond donors (Lipinski definition) is 3. The Balaban J connectivity index is 0.000000983. The van der Waals surface area contributed by atoms with Crippen molar-refractivity contribution in [2.75, 3.05) is 26.0 Å². The lowest BCUT2D eigenvalue weighted by molar-refractivity contribution is -0.122. The number of imidazole rings is 1. The van der Waals surface area contributed by atoms with Crippen LogP contribution in [0.2, 0.25) is 0 Å². The van der Waals surface area contributed by atoms with Gasteiger partial charge in [-0.15, -0.1) is 0 Å². The van der Waals surface area contributed by atoms with Gasteiger partial charge in [0.2, 0.25) is 0 Å². The van der Waals surface area contributed by atoms with Gasteiger partial charge in [0.05, 0.1) is 34.9 Å². The van der Waals surface area contributed by atoms with Crippen LogP contribution in [-0.4, -0.2) is 57.5 Å². The summed E-state index contributed by atoms with van der Waals surface area (Å²) in [6.45, 7) is 1.62. The first kappa shape index (κ1) is 26.3. The molecule has 2 aliphatic heterocycles. The molecule has 0 radical (unpaired) electrons. The predicted molar refractivity (Wildman–Crippen MR) is 143 cm³/mol. The number of aromatic nitrogens is 3. The van der Waals surface area contributed by atoms with Crippen molar-refractivity contribution < 1.29 is 23.8 Å². The molecule has 1 saturated heterocycles. The Hall–Kier alpha value is -4.35. The van der Waals surface area contributed by atoms with E-state index in [9.17, 15) is 9.18 Å². The highest BCUT2D eigenvalue weighted by atomic mass is 19.1. The Morgan fingerprint density at radius 2 is 2.10 bits per heavy atom. The summed E-state index contributed by atoms with van der Waals surface area (Å²) in [5, 5.41) is 13.2. The minimum atomic E-state index is -0.340. The van der Waals surface area contributed by atoms with Crippen molar-refractivity contribution in [3.05, 3.63) is 77.0 Å². The molecular formula is C28H29FN6O4. The van der Waals surface area contributed by atoms with Gasteiger partial charge in [0.1, 0.15) is 17.3 Å². The molecule has 0 aliphatic carbocycles. The van der Waals surface area contributed by atoms with Gasteiger partial charge in [-0.2, -0.15) is 0 Å². The molecule has 10 nitrogen and oxygen atoms in total. The number of rotatable bonds is 6. The van der Waals surface area contributed by atoms with Gasteiger partial charge in [0, 0.05) is 37.5 Å². The Morgan fingerprint density at radius 1 is 1.28 bits per heavy atom. The topological polar surface area (TPSA) is 121 Å². The zero-order chi connectivity index (χ0) is 27.5. The van der Waals surface area contributed by atoms with E-state index < -0.39 is 0 Å². The van der Waals surface area contributed by atoms with Crippen molar-refractivity contribution in [2.45, 2.75) is 32.0 Å². The van der Waals surface area contributed by atoms with Gasteiger partial charge in [0.15, 0.2) is 0 Å². The third-order valence-corrected chi connectivity index (χ3v) is 6.66. The molecular weight excluding hydrogens is 503 g/mol. The fourth-order valence-electron chi connectivity index (χ4n) is 5.09. The number of hydrogen-bond acceptors (Lipinski definition) is 7. The minimum absolute atomic E-state index is 0.0610. The molecule has 5 heterocycles. The number of nitrogens with zero attached hydrogens (tertiary/aromatic N) is 4. The molecule has 1 unspecified atom stereocenters. The quantitative estimate of drug-likeness (QED) is 0.317. The highest BCUT2D eigenvalue weighted by Crippen LogP contribution is 2.36. The van der Waals surface area contributed by atoms with E-state index in [0.717, 1.165) is 47.5 Å². The number of pyridine rings is 2. The van der Waals surface area contributed by atoms with Crippen LogP contribution in [0.5, 0.6) is 0 Å². The van der Waals surface area contributed by atoms with E-state index in [1.165, 1.54) is 12.1 Å². The second-order valence-electron chi connectivity index (χ2n) is 9.66. The SMILES string of the molecule is CN(C)Cc1cc(C2CCCO2)cc(Nc2ccc(-c3cnc4cc(F)ccn34)c3c2C(=O)NC3)n1.O=CO. The van der Waals surface area contributed by atoms with Crippen LogP contribution in [0.1, 0.15) is 46.1 Å². The molecule has 1 amide bonds. The summed E-state index contributed by atoms with van der Waals surface area (Å²) in [6.07, 6.45) is 5.46. The van der Waals surface area contributed by atoms with Gasteiger partial charge >= 0.3 is 0 Å². The number of nitrogens with one attached hydrogen (secondary N) is 2. The van der Waals surface area contributed by atoms with Crippen LogP contribution in [0.25, 0.3) is 16.9 Å². The molecule has 0 saturated carbocycles. The van der Waals surface area contributed by atoms with Crippen LogP contribution >= 0.6 is 0 Å². The van der Waals surface area contributed by atoms with Crippen molar-refractivity contribution in [1.29, 1.82) is 0 Å². The zero-order valence-corrected chi connectivity index (χ0v) is 21.6. The van der Waals surface area contributed by atoms with E-state index in [1.807, 2.05) is 36.7 Å². The molecule has 1 fully saturated rings. The smallest absolute Gasteiger partial charge is 0.290 e. The summed E-state index contributed by atoms with van der Waals surface area (Å²) >= 11 is 0. The lowest BCUT2D eigenvalue weighted by atomic mass is 9.99. The van der Waals surface area contributed by atoms with E-state index in [-0.39, 0.29) is 24.3 Å². The molecule has 3 aromatic heterocycles. The lowest BCUT2D eigenvalue weighted by Gasteiger charge is -2.18. The molecule has 39 heavy (non-hydrogen) atoms. The maximum absolute atomic E-state index is 13.7. The van der Waals surface area contributed by atoms with Crippen molar-refractivity contribution >= 4 is 29.5 Å². The van der Waals surface area contributed by atoms with E-state index in [4.69, 9.17) is 19.6 Å². The summed E-state index contributed by atoms with van der Waals surface area (Å²) in [6, 6.07) is 10.8. The first-order valence-electron chi connectivity index (χ1n) is 12.6. The van der Waals surface area contributed by atoms with Gasteiger partial charge in [-0.25, -0.2) is 14.4 Å². The Labute approximate surface area is 224 Å². The fourth-order valence-corrected chi connectivity index (χ4v) is 5.09. The first-order valence-corrected chi connectivity index (χ1v) is 12.6. The molecule has 2 aliphatic rings. The number of carbonyl (C=O) groups excluding carboxylic acids is 1. The third kappa shape index (κ3) is 5.45. The maximum Gasteiger partial charge on any atom is 0.290 e. The van der Waals surface area contributed by atoms with Crippen molar-refractivity contribution in [2.24, 2.45) is 0 Å². The number of halogens is 1. The van der Waals surface area contributed by atoms with Gasteiger partial charge < -0.3 is 25.4 Å². The average molecular weight is 533 g/mol. The van der Waals surface area contributed by atoms with Crippen LogP contribution in [0.15, 0.2) is 48.8 Å². The lowest BCUT2D eigenvalue weighted by Crippen LogP contribution is -2.15. The first-order chi connectivity index (χ1) is 18.9. The molecule has 11 heteroatoms. The highest BCUT2D eigenvalue weighted by Gasteiger charge is 2.28. The van der Waals surface area contributed by atoms with Gasteiger partial charge in [0.25, 0.3) is 12.4 Å². The van der Waals surface area contributed by atoms with Crippen LogP contribution in [0, 0.1) is 5.82 Å². The Bertz CT molecular complexity index is 1530. The highest BCUT2D eigenvalue weighted by molar-refractivity contribution is 6.06. The van der Waals surface area contributed by atoms with Gasteiger partial charge in [-0.1, -0.05) is 6.07 Å². The number of amides is 1. The number of benzene rings is 1. The molecule has 1 aromatic carbocycles. The van der Waals surface area contributed by atoms with E-state index in [1.54, 1.807) is 12.4 Å². The van der Waals surface area contributed by atoms with E-state index in [0.29, 0.717) is 35.8 Å². The van der Waals surface area contributed by atoms with Crippen LogP contribution in [0.3, 0.4) is 0 Å². The maximum atomic E-state index is 13.7. The number of carbonyl (C=O) groups is 2. The fraction of sp³-hybridized carbons (Fsp3) is 0.286. The largest absolute Gasteiger partial charge is 0.483 e. The Kier molecular flexibility index (Phi) is 7.53. The third-order valence-electron chi connectivity index (χ3n) is 6.66. The summed E-state index contributed by atoms with van der Waals surface area (Å²) < 4.78 is 21.4. The predicted octanol–water partition coefficient (Wildman–Crippen LogP) is 4.14. The van der Waals surface area contributed by atoms with Gasteiger partial charge in [-0.05, 0) is 62.3 Å². The van der Waals surface area contributed by atoms with Crippen LogP contribution in [0.4, 0.5) is 15.9 Å². The Morgan fingerprint density at radius 3 is 2.85 bits per heavy atom. The second-order valence-corrected chi connectivity index (χ2v) is 9.66. The molecule has 3 N–H and O–H groups in total. The molecule has 0 spiro atoms. The summed E-state index contributed by atoms with van der Waals surface area (Å²) in [7, 11) is 4.02. The van der Waals surface area contributed by atoms with Crippen LogP contribution in [-0.2, 0) is 22.6 Å². The minimum Gasteiger partial charge on any atom is -0.483 e. The van der Waals surface area contributed by atoms with E-state index in [2.05, 4.69) is 26.6 Å². The average Bonchev–Trinajstić information content (AvgIpc) is 3.65. The number of ether oxygens (including phenoxy) is 1.